The van der Waals surface area contributed by atoms with Gasteiger partial charge in [-0.2, -0.15) is 5.10 Å². The van der Waals surface area contributed by atoms with E-state index in [4.69, 9.17) is 11.6 Å². The molecule has 1 aromatic rings. The molecular formula is C9H14ClN3. The van der Waals surface area contributed by atoms with Crippen molar-refractivity contribution in [1.82, 2.24) is 15.1 Å². The summed E-state index contributed by atoms with van der Waals surface area (Å²) in [5.74, 6) is 0. The van der Waals surface area contributed by atoms with Crippen LogP contribution in [0.2, 0.25) is 0 Å². The summed E-state index contributed by atoms with van der Waals surface area (Å²) in [6.07, 6.45) is 3.89. The van der Waals surface area contributed by atoms with Gasteiger partial charge in [0, 0.05) is 37.4 Å². The fourth-order valence-electron chi connectivity index (χ4n) is 1.16. The molecule has 13 heavy (non-hydrogen) atoms. The molecule has 3 nitrogen and oxygen atoms in total. The molecule has 0 radical (unpaired) electrons. The molecule has 0 bridgehead atoms. The van der Waals surface area contributed by atoms with Crippen LogP contribution in [0.15, 0.2) is 17.8 Å². The second-order valence-electron chi connectivity index (χ2n) is 2.91. The second-order valence-corrected chi connectivity index (χ2v) is 3.16. The molecule has 0 unspecified atom stereocenters. The van der Waals surface area contributed by atoms with Crippen LogP contribution in [0.4, 0.5) is 0 Å². The molecule has 0 aliphatic rings. The van der Waals surface area contributed by atoms with Gasteiger partial charge in [-0.05, 0) is 6.92 Å². The van der Waals surface area contributed by atoms with Crippen molar-refractivity contribution in [3.63, 3.8) is 0 Å². The van der Waals surface area contributed by atoms with E-state index in [0.717, 1.165) is 18.8 Å². The highest BCUT2D eigenvalue weighted by Crippen LogP contribution is 2.03. The first kappa shape index (κ1) is 10.3. The molecule has 0 fully saturated rings. The van der Waals surface area contributed by atoms with Gasteiger partial charge in [0.1, 0.15) is 0 Å². The van der Waals surface area contributed by atoms with E-state index in [1.807, 2.05) is 30.9 Å². The van der Waals surface area contributed by atoms with Crippen molar-refractivity contribution in [2.45, 2.75) is 13.5 Å². The molecule has 4 heteroatoms. The van der Waals surface area contributed by atoms with Crippen molar-refractivity contribution in [3.05, 3.63) is 29.1 Å². The minimum atomic E-state index is 0.790. The zero-order valence-corrected chi connectivity index (χ0v) is 8.67. The lowest BCUT2D eigenvalue weighted by Gasteiger charge is -1.98. The lowest BCUT2D eigenvalue weighted by Crippen LogP contribution is -2.12. The van der Waals surface area contributed by atoms with Crippen molar-refractivity contribution in [1.29, 1.82) is 0 Å². The highest BCUT2D eigenvalue weighted by atomic mass is 35.5. The van der Waals surface area contributed by atoms with Gasteiger partial charge in [-0.25, -0.2) is 0 Å². The maximum Gasteiger partial charge on any atom is 0.0638 e. The van der Waals surface area contributed by atoms with Gasteiger partial charge in [0.25, 0.3) is 0 Å². The zero-order chi connectivity index (χ0) is 9.68. The van der Waals surface area contributed by atoms with Crippen LogP contribution < -0.4 is 5.32 Å². The van der Waals surface area contributed by atoms with E-state index in [1.165, 1.54) is 11.1 Å². The summed E-state index contributed by atoms with van der Waals surface area (Å²) in [6, 6.07) is 0. The second kappa shape index (κ2) is 5.04. The van der Waals surface area contributed by atoms with E-state index in [-0.39, 0.29) is 0 Å². The molecule has 0 saturated heterocycles. The Bertz CT molecular complexity index is 291. The highest BCUT2D eigenvalue weighted by molar-refractivity contribution is 6.25. The molecule has 1 rings (SSSR count). The van der Waals surface area contributed by atoms with E-state index in [9.17, 15) is 0 Å². The maximum atomic E-state index is 5.38. The molecule has 0 spiro atoms. The van der Waals surface area contributed by atoms with Crippen LogP contribution in [0.25, 0.3) is 0 Å². The Morgan fingerprint density at radius 3 is 3.00 bits per heavy atom. The summed E-state index contributed by atoms with van der Waals surface area (Å²) in [7, 11) is 1.93. The summed E-state index contributed by atoms with van der Waals surface area (Å²) >= 11 is 5.38. The Balaban J connectivity index is 2.40. The Hall–Kier alpha value is -0.800. The van der Waals surface area contributed by atoms with Crippen molar-refractivity contribution >= 4 is 11.6 Å². The first-order valence-electron chi connectivity index (χ1n) is 4.19. The quantitative estimate of drug-likeness (QED) is 0.747. The van der Waals surface area contributed by atoms with Crippen molar-refractivity contribution in [3.8, 4) is 0 Å². The van der Waals surface area contributed by atoms with E-state index in [2.05, 4.69) is 10.4 Å². The summed E-state index contributed by atoms with van der Waals surface area (Å²) in [5.41, 5.74) is 3.82. The number of hydrogen-bond acceptors (Lipinski definition) is 2. The van der Waals surface area contributed by atoms with Crippen LogP contribution in [-0.4, -0.2) is 16.3 Å². The molecule has 0 atom stereocenters. The highest BCUT2D eigenvalue weighted by Gasteiger charge is 2.00. The number of halogens is 1. The van der Waals surface area contributed by atoms with E-state index in [1.54, 1.807) is 0 Å². The van der Waals surface area contributed by atoms with Crippen molar-refractivity contribution in [2.24, 2.45) is 7.05 Å². The smallest absolute Gasteiger partial charge is 0.0638 e. The van der Waals surface area contributed by atoms with Gasteiger partial charge in [0.05, 0.1) is 5.69 Å². The number of nitrogens with zero attached hydrogens (tertiary/aromatic N) is 2. The van der Waals surface area contributed by atoms with Crippen LogP contribution in [-0.2, 0) is 13.6 Å². The monoisotopic (exact) mass is 199 g/mol. The molecule has 1 heterocycles. The molecule has 0 amide bonds. The van der Waals surface area contributed by atoms with Crippen molar-refractivity contribution < 1.29 is 0 Å². The Morgan fingerprint density at radius 1 is 1.69 bits per heavy atom. The summed E-state index contributed by atoms with van der Waals surface area (Å²) in [5, 5.41) is 7.47. The number of aromatic nitrogens is 2. The largest absolute Gasteiger partial charge is 0.309 e. The molecule has 0 saturated carbocycles. The summed E-state index contributed by atoms with van der Waals surface area (Å²) < 4.78 is 1.82. The third-order valence-electron chi connectivity index (χ3n) is 1.78. The number of hydrogen-bond donors (Lipinski definition) is 1. The number of nitrogens with one attached hydrogen (secondary N) is 1. The van der Waals surface area contributed by atoms with Crippen LogP contribution in [0.1, 0.15) is 11.3 Å². The third kappa shape index (κ3) is 3.20. The van der Waals surface area contributed by atoms with Gasteiger partial charge >= 0.3 is 0 Å². The van der Waals surface area contributed by atoms with E-state index < -0.39 is 0 Å². The van der Waals surface area contributed by atoms with Crippen molar-refractivity contribution in [2.75, 3.05) is 6.54 Å². The number of rotatable bonds is 4. The zero-order valence-electron chi connectivity index (χ0n) is 7.92. The number of aryl methyl sites for hydroxylation is 2. The predicted octanol–water partition coefficient (Wildman–Crippen LogP) is 1.57. The average molecular weight is 200 g/mol. The van der Waals surface area contributed by atoms with E-state index in [0.29, 0.717) is 0 Å². The molecule has 1 N–H and O–H groups in total. The Morgan fingerprint density at radius 2 is 2.46 bits per heavy atom. The normalized spacial score (nSPS) is 11.3. The molecule has 72 valence electrons. The molecule has 0 aliphatic carbocycles. The summed E-state index contributed by atoms with van der Waals surface area (Å²) in [4.78, 5) is 0. The van der Waals surface area contributed by atoms with Gasteiger partial charge in [-0.3, -0.25) is 4.68 Å². The van der Waals surface area contributed by atoms with Gasteiger partial charge in [-0.15, -0.1) is 0 Å². The van der Waals surface area contributed by atoms with E-state index >= 15 is 0 Å². The molecule has 0 aromatic carbocycles. The SMILES string of the molecule is Cc1nn(C)cc1CNC/C=C/Cl. The lowest BCUT2D eigenvalue weighted by atomic mass is 10.2. The Labute approximate surface area is 83.4 Å². The standard InChI is InChI=1S/C9H14ClN3/c1-8-9(7-13(2)12-8)6-11-5-3-4-10/h3-4,7,11H,5-6H2,1-2H3/b4-3+. The fourth-order valence-corrected chi connectivity index (χ4v) is 1.25. The first-order valence-corrected chi connectivity index (χ1v) is 4.62. The minimum absolute atomic E-state index is 0.790. The third-order valence-corrected chi connectivity index (χ3v) is 1.96. The Kier molecular flexibility index (Phi) is 3.99. The fraction of sp³-hybridized carbons (Fsp3) is 0.444. The van der Waals surface area contributed by atoms with Gasteiger partial charge in [-0.1, -0.05) is 17.7 Å². The molecule has 1 aromatic heterocycles. The predicted molar refractivity (Wildman–Crippen MR) is 54.6 cm³/mol. The van der Waals surface area contributed by atoms with Crippen LogP contribution in [0.5, 0.6) is 0 Å². The van der Waals surface area contributed by atoms with Crippen LogP contribution in [0, 0.1) is 6.92 Å². The van der Waals surface area contributed by atoms with Gasteiger partial charge in [0.2, 0.25) is 0 Å². The van der Waals surface area contributed by atoms with Gasteiger partial charge < -0.3 is 5.32 Å². The topological polar surface area (TPSA) is 29.9 Å². The van der Waals surface area contributed by atoms with Crippen LogP contribution in [0.3, 0.4) is 0 Å². The first-order chi connectivity index (χ1) is 6.24. The maximum absolute atomic E-state index is 5.38. The average Bonchev–Trinajstić information content (AvgIpc) is 2.39. The van der Waals surface area contributed by atoms with Crippen LogP contribution >= 0.6 is 11.6 Å². The summed E-state index contributed by atoms with van der Waals surface area (Å²) in [6.45, 7) is 3.63. The minimum Gasteiger partial charge on any atom is -0.309 e. The lowest BCUT2D eigenvalue weighted by molar-refractivity contribution is 0.750. The molecular weight excluding hydrogens is 186 g/mol. The van der Waals surface area contributed by atoms with Gasteiger partial charge in [0.15, 0.2) is 0 Å². The molecule has 0 aliphatic heterocycles.